The third-order valence-corrected chi connectivity index (χ3v) is 2.34. The minimum atomic E-state index is -0.167. The van der Waals surface area contributed by atoms with Crippen LogP contribution < -0.4 is 9.64 Å². The Morgan fingerprint density at radius 2 is 2.23 bits per heavy atom. The van der Waals surface area contributed by atoms with Crippen LogP contribution in [0.25, 0.3) is 0 Å². The number of hydrogen-bond donors (Lipinski definition) is 0. The molecule has 1 aromatic carbocycles. The number of ether oxygens (including phenoxy) is 1. The maximum absolute atomic E-state index is 13.6. The lowest BCUT2D eigenvalue weighted by Crippen LogP contribution is -2.29. The normalized spacial score (nSPS) is 15.2. The average Bonchev–Trinajstić information content (AvgIpc) is 2.12. The van der Waals surface area contributed by atoms with Crippen molar-refractivity contribution >= 4 is 5.69 Å². The van der Waals surface area contributed by atoms with Gasteiger partial charge in [0.05, 0.1) is 6.54 Å². The van der Waals surface area contributed by atoms with Gasteiger partial charge in [0.15, 0.2) is 5.82 Å². The molecule has 2 rings (SSSR count). The Morgan fingerprint density at radius 1 is 1.46 bits per heavy atom. The van der Waals surface area contributed by atoms with Crippen LogP contribution in [-0.2, 0) is 0 Å². The molecule has 0 aliphatic carbocycles. The SMILES string of the molecule is Cc1ccc2c(c1F)N(C)CCO2. The van der Waals surface area contributed by atoms with Gasteiger partial charge in [0, 0.05) is 7.05 Å². The number of halogens is 1. The molecule has 1 aromatic rings. The van der Waals surface area contributed by atoms with Gasteiger partial charge in [-0.25, -0.2) is 4.39 Å². The number of anilines is 1. The lowest BCUT2D eigenvalue weighted by Gasteiger charge is -2.28. The molecule has 0 unspecified atom stereocenters. The molecule has 0 fully saturated rings. The van der Waals surface area contributed by atoms with Gasteiger partial charge >= 0.3 is 0 Å². The Hall–Kier alpha value is -1.25. The van der Waals surface area contributed by atoms with E-state index in [0.29, 0.717) is 23.6 Å². The summed E-state index contributed by atoms with van der Waals surface area (Å²) in [5.74, 6) is 0.483. The summed E-state index contributed by atoms with van der Waals surface area (Å²) in [5.41, 5.74) is 1.25. The van der Waals surface area contributed by atoms with Crippen LogP contribution >= 0.6 is 0 Å². The highest BCUT2D eigenvalue weighted by Gasteiger charge is 2.19. The first-order valence-corrected chi connectivity index (χ1v) is 4.33. The Kier molecular flexibility index (Phi) is 1.87. The van der Waals surface area contributed by atoms with Crippen molar-refractivity contribution in [3.05, 3.63) is 23.5 Å². The fourth-order valence-corrected chi connectivity index (χ4v) is 1.52. The van der Waals surface area contributed by atoms with Crippen molar-refractivity contribution in [2.75, 3.05) is 25.1 Å². The molecule has 1 heterocycles. The number of fused-ring (bicyclic) bond motifs is 1. The topological polar surface area (TPSA) is 12.5 Å². The van der Waals surface area contributed by atoms with Crippen LogP contribution in [0.4, 0.5) is 10.1 Å². The van der Waals surface area contributed by atoms with Gasteiger partial charge in [0.25, 0.3) is 0 Å². The summed E-state index contributed by atoms with van der Waals surface area (Å²) in [6.07, 6.45) is 0. The van der Waals surface area contributed by atoms with Crippen LogP contribution in [0.3, 0.4) is 0 Å². The van der Waals surface area contributed by atoms with Crippen LogP contribution in [0.5, 0.6) is 5.75 Å². The molecule has 0 spiro atoms. The lowest BCUT2D eigenvalue weighted by molar-refractivity contribution is 0.308. The first kappa shape index (κ1) is 8.35. The van der Waals surface area contributed by atoms with Crippen molar-refractivity contribution in [1.29, 1.82) is 0 Å². The Labute approximate surface area is 76.9 Å². The summed E-state index contributed by atoms with van der Waals surface area (Å²) in [6, 6.07) is 3.57. The van der Waals surface area contributed by atoms with Crippen molar-refractivity contribution in [3.63, 3.8) is 0 Å². The largest absolute Gasteiger partial charge is 0.489 e. The van der Waals surface area contributed by atoms with Gasteiger partial charge in [-0.15, -0.1) is 0 Å². The van der Waals surface area contributed by atoms with E-state index in [0.717, 1.165) is 6.54 Å². The van der Waals surface area contributed by atoms with E-state index in [1.54, 1.807) is 13.0 Å². The van der Waals surface area contributed by atoms with Gasteiger partial charge in [-0.3, -0.25) is 0 Å². The highest BCUT2D eigenvalue weighted by molar-refractivity contribution is 5.61. The van der Waals surface area contributed by atoms with Crippen LogP contribution in [0.1, 0.15) is 5.56 Å². The number of rotatable bonds is 0. The second kappa shape index (κ2) is 2.91. The van der Waals surface area contributed by atoms with E-state index in [2.05, 4.69) is 0 Å². The highest BCUT2D eigenvalue weighted by atomic mass is 19.1. The van der Waals surface area contributed by atoms with E-state index >= 15 is 0 Å². The molecule has 0 amide bonds. The van der Waals surface area contributed by atoms with Gasteiger partial charge in [-0.1, -0.05) is 6.07 Å². The van der Waals surface area contributed by atoms with Gasteiger partial charge in [0.2, 0.25) is 0 Å². The smallest absolute Gasteiger partial charge is 0.153 e. The predicted molar refractivity (Wildman–Crippen MR) is 49.9 cm³/mol. The minimum absolute atomic E-state index is 0.167. The molecule has 0 saturated heterocycles. The molecule has 3 heteroatoms. The first-order chi connectivity index (χ1) is 6.20. The standard InChI is InChI=1S/C10H12FNO/c1-7-3-4-8-10(9(7)11)12(2)5-6-13-8/h3-4H,5-6H2,1-2H3. The molecule has 0 atom stereocenters. The van der Waals surface area contributed by atoms with Gasteiger partial charge in [-0.2, -0.15) is 0 Å². The fraction of sp³-hybridized carbons (Fsp3) is 0.400. The molecular weight excluding hydrogens is 169 g/mol. The summed E-state index contributed by atoms with van der Waals surface area (Å²) in [5, 5.41) is 0. The first-order valence-electron chi connectivity index (χ1n) is 4.33. The number of nitrogens with zero attached hydrogens (tertiary/aromatic N) is 1. The van der Waals surface area contributed by atoms with E-state index in [-0.39, 0.29) is 5.82 Å². The van der Waals surface area contributed by atoms with E-state index in [4.69, 9.17) is 4.74 Å². The molecule has 13 heavy (non-hydrogen) atoms. The van der Waals surface area contributed by atoms with Crippen LogP contribution in [0.15, 0.2) is 12.1 Å². The summed E-state index contributed by atoms with van der Waals surface area (Å²) in [7, 11) is 1.88. The van der Waals surface area contributed by atoms with Crippen molar-refractivity contribution < 1.29 is 9.13 Å². The fourth-order valence-electron chi connectivity index (χ4n) is 1.52. The maximum Gasteiger partial charge on any atom is 0.153 e. The van der Waals surface area contributed by atoms with E-state index in [1.165, 1.54) is 0 Å². The summed E-state index contributed by atoms with van der Waals surface area (Å²) < 4.78 is 19.0. The molecule has 2 nitrogen and oxygen atoms in total. The Balaban J connectivity index is 2.58. The number of aryl methyl sites for hydroxylation is 1. The predicted octanol–water partition coefficient (Wildman–Crippen LogP) is 1.96. The molecule has 0 saturated carbocycles. The quantitative estimate of drug-likeness (QED) is 0.606. The molecule has 1 aliphatic heterocycles. The Morgan fingerprint density at radius 3 is 3.00 bits per heavy atom. The average molecular weight is 181 g/mol. The molecule has 1 aliphatic rings. The highest BCUT2D eigenvalue weighted by Crippen LogP contribution is 2.34. The van der Waals surface area contributed by atoms with Crippen LogP contribution in [0.2, 0.25) is 0 Å². The number of hydrogen-bond acceptors (Lipinski definition) is 2. The molecule has 0 N–H and O–H groups in total. The van der Waals surface area contributed by atoms with Gasteiger partial charge in [0.1, 0.15) is 18.0 Å². The summed E-state index contributed by atoms with van der Waals surface area (Å²) in [6.45, 7) is 3.14. The zero-order valence-electron chi connectivity index (χ0n) is 7.80. The molecule has 0 aromatic heterocycles. The van der Waals surface area contributed by atoms with E-state index in [1.807, 2.05) is 18.0 Å². The number of likely N-dealkylation sites (N-methyl/N-ethyl adjacent to an activating group) is 1. The van der Waals surface area contributed by atoms with Crippen molar-refractivity contribution in [3.8, 4) is 5.75 Å². The van der Waals surface area contributed by atoms with Crippen LogP contribution in [-0.4, -0.2) is 20.2 Å². The Bertz CT molecular complexity index is 338. The second-order valence-electron chi connectivity index (χ2n) is 3.31. The zero-order valence-corrected chi connectivity index (χ0v) is 7.80. The maximum atomic E-state index is 13.6. The summed E-state index contributed by atoms with van der Waals surface area (Å²) in [4.78, 5) is 1.89. The van der Waals surface area contributed by atoms with Gasteiger partial charge < -0.3 is 9.64 Å². The molecule has 0 radical (unpaired) electrons. The molecular formula is C10H12FNO. The van der Waals surface area contributed by atoms with Gasteiger partial charge in [-0.05, 0) is 18.6 Å². The third-order valence-electron chi connectivity index (χ3n) is 2.34. The zero-order chi connectivity index (χ0) is 9.42. The lowest BCUT2D eigenvalue weighted by atomic mass is 10.1. The van der Waals surface area contributed by atoms with Crippen LogP contribution in [0, 0.1) is 12.7 Å². The second-order valence-corrected chi connectivity index (χ2v) is 3.31. The monoisotopic (exact) mass is 181 g/mol. The van der Waals surface area contributed by atoms with Crippen molar-refractivity contribution in [2.24, 2.45) is 0 Å². The van der Waals surface area contributed by atoms with Crippen molar-refractivity contribution in [1.82, 2.24) is 0 Å². The minimum Gasteiger partial charge on any atom is -0.489 e. The third kappa shape index (κ3) is 1.24. The molecule has 70 valence electrons. The van der Waals surface area contributed by atoms with E-state index < -0.39 is 0 Å². The van der Waals surface area contributed by atoms with Crippen molar-refractivity contribution in [2.45, 2.75) is 6.92 Å². The van der Waals surface area contributed by atoms with E-state index in [9.17, 15) is 4.39 Å². The molecule has 0 bridgehead atoms. The number of benzene rings is 1. The summed E-state index contributed by atoms with van der Waals surface area (Å²) >= 11 is 0.